The van der Waals surface area contributed by atoms with Crippen LogP contribution in [0.25, 0.3) is 0 Å². The van der Waals surface area contributed by atoms with Crippen LogP contribution in [0.4, 0.5) is 0 Å². The van der Waals surface area contributed by atoms with Crippen LogP contribution in [0.1, 0.15) is 23.2 Å². The van der Waals surface area contributed by atoms with Crippen molar-refractivity contribution >= 4 is 45.0 Å². The summed E-state index contributed by atoms with van der Waals surface area (Å²) in [5.74, 6) is 0.424. The van der Waals surface area contributed by atoms with Gasteiger partial charge in [0.1, 0.15) is 0 Å². The maximum absolute atomic E-state index is 12.4. The number of nitrogens with zero attached hydrogens (tertiary/aromatic N) is 1. The van der Waals surface area contributed by atoms with Crippen molar-refractivity contribution < 1.29 is 4.79 Å². The quantitative estimate of drug-likeness (QED) is 0.762. The van der Waals surface area contributed by atoms with Gasteiger partial charge in [-0.25, -0.2) is 0 Å². The first-order valence-electron chi connectivity index (χ1n) is 5.46. The van der Waals surface area contributed by atoms with E-state index in [1.165, 1.54) is 0 Å². The lowest BCUT2D eigenvalue weighted by Gasteiger charge is -2.22. The molecule has 5 heteroatoms. The topological polar surface area (TPSA) is 20.3 Å². The molecule has 0 spiro atoms. The molecule has 92 valence electrons. The van der Waals surface area contributed by atoms with Crippen molar-refractivity contribution in [2.75, 3.05) is 12.4 Å². The average molecular weight is 337 g/mol. The summed E-state index contributed by atoms with van der Waals surface area (Å²) in [5, 5.41) is 0.470. The predicted molar refractivity (Wildman–Crippen MR) is 73.9 cm³/mol. The maximum atomic E-state index is 12.4. The zero-order chi connectivity index (χ0) is 12.4. The zero-order valence-electron chi connectivity index (χ0n) is 9.13. The number of carbonyl (C=O) groups is 1. The average Bonchev–Trinajstić information content (AvgIpc) is 3.13. The van der Waals surface area contributed by atoms with Gasteiger partial charge in [-0.15, -0.1) is 11.6 Å². The van der Waals surface area contributed by atoms with Gasteiger partial charge < -0.3 is 4.90 Å². The Hall–Kier alpha value is -0.250. The molecule has 1 fully saturated rings. The van der Waals surface area contributed by atoms with Crippen LogP contribution in [-0.4, -0.2) is 29.3 Å². The number of carbonyl (C=O) groups excluding carboxylic acids is 1. The number of hydrogen-bond acceptors (Lipinski definition) is 1. The highest BCUT2D eigenvalue weighted by Crippen LogP contribution is 2.31. The second-order valence-corrected chi connectivity index (χ2v) is 5.63. The molecular weight excluding hydrogens is 325 g/mol. The van der Waals surface area contributed by atoms with Crippen LogP contribution >= 0.6 is 39.1 Å². The Bertz CT molecular complexity index is 435. The number of alkyl halides is 1. The molecule has 0 heterocycles. The smallest absolute Gasteiger partial charge is 0.255 e. The van der Waals surface area contributed by atoms with Crippen molar-refractivity contribution in [1.82, 2.24) is 4.90 Å². The van der Waals surface area contributed by atoms with E-state index in [0.29, 0.717) is 29.1 Å². The van der Waals surface area contributed by atoms with Gasteiger partial charge in [0.05, 0.1) is 10.6 Å². The Kier molecular flexibility index (Phi) is 4.34. The molecule has 17 heavy (non-hydrogen) atoms. The van der Waals surface area contributed by atoms with Crippen LogP contribution in [-0.2, 0) is 0 Å². The summed E-state index contributed by atoms with van der Waals surface area (Å²) in [6.45, 7) is 0.577. The minimum atomic E-state index is -0.0283. The number of hydrogen-bond donors (Lipinski definition) is 0. The minimum absolute atomic E-state index is 0.0283. The molecule has 2 nitrogen and oxygen atoms in total. The molecule has 1 amide bonds. The van der Waals surface area contributed by atoms with Gasteiger partial charge in [-0.2, -0.15) is 0 Å². The van der Waals surface area contributed by atoms with E-state index in [1.807, 2.05) is 17.0 Å². The Labute approximate surface area is 119 Å². The molecule has 1 aromatic rings. The number of rotatable bonds is 4. The molecule has 1 aliphatic carbocycles. The summed E-state index contributed by atoms with van der Waals surface area (Å²) >= 11 is 15.2. The summed E-state index contributed by atoms with van der Waals surface area (Å²) in [5.41, 5.74) is 0.540. The van der Waals surface area contributed by atoms with Crippen LogP contribution in [0.15, 0.2) is 22.7 Å². The van der Waals surface area contributed by atoms with Gasteiger partial charge in [0, 0.05) is 22.9 Å². The minimum Gasteiger partial charge on any atom is -0.334 e. The van der Waals surface area contributed by atoms with Crippen LogP contribution in [0, 0.1) is 0 Å². The number of benzene rings is 1. The molecular formula is C12H12BrCl2NO. The fourth-order valence-corrected chi connectivity index (χ4v) is 2.51. The lowest BCUT2D eigenvalue weighted by Crippen LogP contribution is -2.34. The molecule has 1 aliphatic rings. The second kappa shape index (κ2) is 5.59. The van der Waals surface area contributed by atoms with Crippen molar-refractivity contribution in [2.24, 2.45) is 0 Å². The lowest BCUT2D eigenvalue weighted by atomic mass is 10.2. The van der Waals surface area contributed by atoms with E-state index < -0.39 is 0 Å². The normalized spacial score (nSPS) is 14.8. The van der Waals surface area contributed by atoms with Crippen molar-refractivity contribution in [3.63, 3.8) is 0 Å². The Morgan fingerprint density at radius 1 is 1.47 bits per heavy atom. The highest BCUT2D eigenvalue weighted by molar-refractivity contribution is 9.10. The molecule has 1 saturated carbocycles. The molecule has 0 radical (unpaired) electrons. The number of halogens is 3. The van der Waals surface area contributed by atoms with E-state index in [-0.39, 0.29) is 5.91 Å². The van der Waals surface area contributed by atoms with E-state index >= 15 is 0 Å². The van der Waals surface area contributed by atoms with E-state index in [9.17, 15) is 4.79 Å². The fourth-order valence-electron chi connectivity index (χ4n) is 1.75. The molecule has 0 aliphatic heterocycles. The van der Waals surface area contributed by atoms with Gasteiger partial charge >= 0.3 is 0 Å². The van der Waals surface area contributed by atoms with Gasteiger partial charge in [-0.05, 0) is 40.9 Å². The highest BCUT2D eigenvalue weighted by Gasteiger charge is 2.33. The molecule has 0 aromatic heterocycles. The third-order valence-corrected chi connectivity index (χ3v) is 4.22. The first kappa shape index (κ1) is 13.2. The van der Waals surface area contributed by atoms with Gasteiger partial charge in [0.2, 0.25) is 0 Å². The SMILES string of the molecule is O=C(c1cccc(Br)c1Cl)N(CCCl)C1CC1. The Morgan fingerprint density at radius 2 is 2.18 bits per heavy atom. The summed E-state index contributed by atoms with van der Waals surface area (Å²) in [7, 11) is 0. The standard InChI is InChI=1S/C12H12BrCl2NO/c13-10-3-1-2-9(11(10)15)12(17)16(7-6-14)8-4-5-8/h1-3,8H,4-7H2. The predicted octanol–water partition coefficient (Wildman–Crippen LogP) is 3.95. The Balaban J connectivity index is 2.25. The summed E-state index contributed by atoms with van der Waals surface area (Å²) < 4.78 is 0.742. The molecule has 0 bridgehead atoms. The van der Waals surface area contributed by atoms with Gasteiger partial charge in [0.15, 0.2) is 0 Å². The summed E-state index contributed by atoms with van der Waals surface area (Å²) in [4.78, 5) is 14.2. The third kappa shape index (κ3) is 2.95. The molecule has 1 aromatic carbocycles. The Morgan fingerprint density at radius 3 is 2.76 bits per heavy atom. The molecule has 2 rings (SSSR count). The molecule has 0 N–H and O–H groups in total. The van der Waals surface area contributed by atoms with Gasteiger partial charge in [0.25, 0.3) is 5.91 Å². The van der Waals surface area contributed by atoms with E-state index in [2.05, 4.69) is 15.9 Å². The van der Waals surface area contributed by atoms with Crippen LogP contribution < -0.4 is 0 Å². The van der Waals surface area contributed by atoms with Gasteiger partial charge in [-0.1, -0.05) is 17.7 Å². The van der Waals surface area contributed by atoms with E-state index in [0.717, 1.165) is 17.3 Å². The van der Waals surface area contributed by atoms with E-state index in [1.54, 1.807) is 6.07 Å². The van der Waals surface area contributed by atoms with E-state index in [4.69, 9.17) is 23.2 Å². The first-order valence-corrected chi connectivity index (χ1v) is 7.16. The molecule has 0 unspecified atom stereocenters. The molecule has 0 saturated heterocycles. The van der Waals surface area contributed by atoms with Crippen molar-refractivity contribution in [1.29, 1.82) is 0 Å². The largest absolute Gasteiger partial charge is 0.334 e. The van der Waals surface area contributed by atoms with Crippen LogP contribution in [0.3, 0.4) is 0 Å². The van der Waals surface area contributed by atoms with Crippen molar-refractivity contribution in [3.05, 3.63) is 33.3 Å². The highest BCUT2D eigenvalue weighted by atomic mass is 79.9. The maximum Gasteiger partial charge on any atom is 0.255 e. The van der Waals surface area contributed by atoms with Crippen molar-refractivity contribution in [3.8, 4) is 0 Å². The monoisotopic (exact) mass is 335 g/mol. The van der Waals surface area contributed by atoms with Crippen LogP contribution in [0.5, 0.6) is 0 Å². The summed E-state index contributed by atoms with van der Waals surface area (Å²) in [6.07, 6.45) is 2.13. The second-order valence-electron chi connectivity index (χ2n) is 4.02. The fraction of sp³-hybridized carbons (Fsp3) is 0.417. The van der Waals surface area contributed by atoms with Crippen LogP contribution in [0.2, 0.25) is 5.02 Å². The summed E-state index contributed by atoms with van der Waals surface area (Å²) in [6, 6.07) is 5.73. The third-order valence-electron chi connectivity index (χ3n) is 2.76. The zero-order valence-corrected chi connectivity index (χ0v) is 12.2. The lowest BCUT2D eigenvalue weighted by molar-refractivity contribution is 0.0754. The first-order chi connectivity index (χ1) is 8.15. The van der Waals surface area contributed by atoms with Crippen molar-refractivity contribution in [2.45, 2.75) is 18.9 Å². The molecule has 0 atom stereocenters. The number of amides is 1. The van der Waals surface area contributed by atoms with Gasteiger partial charge in [-0.3, -0.25) is 4.79 Å².